The zero-order valence-corrected chi connectivity index (χ0v) is 18.0. The predicted molar refractivity (Wildman–Crippen MR) is 114 cm³/mol. The molecule has 0 spiro atoms. The first-order valence-electron chi connectivity index (χ1n) is 9.45. The van der Waals surface area contributed by atoms with Crippen molar-refractivity contribution in [2.45, 2.75) is 13.0 Å². The molecule has 2 heterocycles. The van der Waals surface area contributed by atoms with Crippen LogP contribution in [0.4, 0.5) is 5.13 Å². The van der Waals surface area contributed by atoms with Crippen molar-refractivity contribution in [2.75, 3.05) is 26.2 Å². The number of nitrogens with zero attached hydrogens (tertiary/aromatic N) is 2. The van der Waals surface area contributed by atoms with Crippen LogP contribution in [0.5, 0.6) is 11.6 Å². The summed E-state index contributed by atoms with van der Waals surface area (Å²) in [5.74, 6) is 0.0494. The summed E-state index contributed by atoms with van der Waals surface area (Å²) < 4.78 is 12.2. The summed E-state index contributed by atoms with van der Waals surface area (Å²) in [6, 6.07) is 16.4. The molecule has 1 aliphatic rings. The zero-order valence-electron chi connectivity index (χ0n) is 17.2. The second-order valence-electron chi connectivity index (χ2n) is 6.98. The number of anilines is 1. The molecule has 1 aromatic heterocycles. The van der Waals surface area contributed by atoms with E-state index in [4.69, 9.17) is 9.47 Å². The molecule has 1 atom stereocenters. The molecule has 1 aliphatic heterocycles. The van der Waals surface area contributed by atoms with Gasteiger partial charge in [-0.15, -0.1) is 0 Å². The molecule has 0 aliphatic carbocycles. The van der Waals surface area contributed by atoms with E-state index in [9.17, 15) is 9.90 Å². The molecule has 6 nitrogen and oxygen atoms in total. The van der Waals surface area contributed by atoms with Gasteiger partial charge in [-0.2, -0.15) is 0 Å². The number of rotatable bonds is 4. The van der Waals surface area contributed by atoms with Gasteiger partial charge in [-0.1, -0.05) is 42.5 Å². The maximum atomic E-state index is 13.6. The Hall–Kier alpha value is -3.32. The van der Waals surface area contributed by atoms with E-state index in [0.717, 1.165) is 22.0 Å². The van der Waals surface area contributed by atoms with Crippen LogP contribution in [-0.2, 0) is 9.53 Å². The molecule has 7 heteroatoms. The summed E-state index contributed by atoms with van der Waals surface area (Å²) in [5, 5.41) is 14.4. The summed E-state index contributed by atoms with van der Waals surface area (Å²) >= 11 is 1.42. The molecule has 3 aromatic rings. The maximum Gasteiger partial charge on any atom is 0.342 e. The number of hydrogen-bond donors (Lipinski definition) is 0. The second-order valence-corrected chi connectivity index (χ2v) is 7.96. The van der Waals surface area contributed by atoms with Gasteiger partial charge < -0.3 is 14.6 Å². The predicted octanol–water partition coefficient (Wildman–Crippen LogP) is 3.27. The topological polar surface area (TPSA) is 65.7 Å². The largest absolute Gasteiger partial charge is 0.841 e. The van der Waals surface area contributed by atoms with Crippen LogP contribution in [0.1, 0.15) is 18.5 Å². The molecule has 0 radical (unpaired) electrons. The highest BCUT2D eigenvalue weighted by molar-refractivity contribution is 7.18. The van der Waals surface area contributed by atoms with Crippen LogP contribution in [0.2, 0.25) is 0 Å². The number of ether oxygens (including phenoxy) is 2. The smallest absolute Gasteiger partial charge is 0.342 e. The number of fused-ring (bicyclic) bond motifs is 1. The molecule has 0 saturated carbocycles. The van der Waals surface area contributed by atoms with Crippen LogP contribution < -0.4 is 19.3 Å². The van der Waals surface area contributed by atoms with Gasteiger partial charge in [0.1, 0.15) is 17.0 Å². The van der Waals surface area contributed by atoms with Crippen molar-refractivity contribution in [1.29, 1.82) is 0 Å². The van der Waals surface area contributed by atoms with Gasteiger partial charge in [0.25, 0.3) is 0 Å². The summed E-state index contributed by atoms with van der Waals surface area (Å²) in [6.45, 7) is 1.87. The Bertz CT molecular complexity index is 1140. The van der Waals surface area contributed by atoms with Crippen LogP contribution in [0.25, 0.3) is 10.4 Å². The number of allylic oxidation sites excluding steroid dienone is 1. The average Bonchev–Trinajstić information content (AvgIpc) is 3.13. The Kier molecular flexibility index (Phi) is 5.22. The third kappa shape index (κ3) is 3.11. The minimum absolute atomic E-state index is 0.144. The molecule has 4 rings (SSSR count). The number of thiazole rings is 1. The van der Waals surface area contributed by atoms with Crippen LogP contribution in [0, 0.1) is 0 Å². The Labute approximate surface area is 179 Å². The quantitative estimate of drug-likeness (QED) is 0.477. The van der Waals surface area contributed by atoms with Gasteiger partial charge in [0, 0.05) is 5.56 Å². The molecule has 0 fully saturated rings. The van der Waals surface area contributed by atoms with E-state index in [1.165, 1.54) is 18.4 Å². The van der Waals surface area contributed by atoms with Crippen LogP contribution in [0.15, 0.2) is 65.9 Å². The normalized spacial score (nSPS) is 15.7. The number of benzene rings is 2. The van der Waals surface area contributed by atoms with Crippen molar-refractivity contribution in [2.24, 2.45) is 0 Å². The molecule has 0 saturated heterocycles. The SMILES string of the molecule is COC(=O)C1=C(C)N(C)c2sc(-c3ccccc3)c([O-])[n+]2C1c1cccc(OC)c1. The van der Waals surface area contributed by atoms with Crippen molar-refractivity contribution in [1.82, 2.24) is 0 Å². The molecular formula is C23H22N2O4S. The third-order valence-corrected chi connectivity index (χ3v) is 6.64. The van der Waals surface area contributed by atoms with Crippen molar-refractivity contribution < 1.29 is 23.9 Å². The van der Waals surface area contributed by atoms with Gasteiger partial charge in [0.05, 0.1) is 32.0 Å². The number of carbonyl (C=O) groups excluding carboxylic acids is 1. The number of carbonyl (C=O) groups is 1. The highest BCUT2D eigenvalue weighted by Gasteiger charge is 2.43. The van der Waals surface area contributed by atoms with Crippen LogP contribution >= 0.6 is 11.3 Å². The first-order chi connectivity index (χ1) is 14.5. The van der Waals surface area contributed by atoms with Crippen molar-refractivity contribution in [3.8, 4) is 22.1 Å². The van der Waals surface area contributed by atoms with E-state index in [1.54, 1.807) is 11.7 Å². The molecule has 30 heavy (non-hydrogen) atoms. The van der Waals surface area contributed by atoms with E-state index < -0.39 is 12.0 Å². The molecule has 1 unspecified atom stereocenters. The summed E-state index contributed by atoms with van der Waals surface area (Å²) in [5.41, 5.74) is 2.81. The molecule has 0 amide bonds. The number of aromatic nitrogens is 1. The maximum absolute atomic E-state index is 13.6. The molecule has 0 bridgehead atoms. The van der Waals surface area contributed by atoms with E-state index in [0.29, 0.717) is 16.2 Å². The van der Waals surface area contributed by atoms with E-state index in [-0.39, 0.29) is 5.88 Å². The van der Waals surface area contributed by atoms with Gasteiger partial charge in [-0.3, -0.25) is 0 Å². The average molecular weight is 423 g/mol. The second kappa shape index (κ2) is 7.84. The Morgan fingerprint density at radius 2 is 1.87 bits per heavy atom. The minimum Gasteiger partial charge on any atom is -0.841 e. The van der Waals surface area contributed by atoms with Crippen LogP contribution in [0.3, 0.4) is 0 Å². The lowest BCUT2D eigenvalue weighted by atomic mass is 9.94. The van der Waals surface area contributed by atoms with E-state index in [1.807, 2.05) is 73.5 Å². The lowest BCUT2D eigenvalue weighted by Gasteiger charge is -2.29. The van der Waals surface area contributed by atoms with Gasteiger partial charge in [-0.05, 0) is 36.0 Å². The highest BCUT2D eigenvalue weighted by Crippen LogP contribution is 2.44. The Balaban J connectivity index is 2.00. The lowest BCUT2D eigenvalue weighted by molar-refractivity contribution is -0.728. The summed E-state index contributed by atoms with van der Waals surface area (Å²) in [4.78, 5) is 15.3. The van der Waals surface area contributed by atoms with Gasteiger partial charge in [0.2, 0.25) is 0 Å². The van der Waals surface area contributed by atoms with Crippen LogP contribution in [-0.4, -0.2) is 27.2 Å². The van der Waals surface area contributed by atoms with Crippen molar-refractivity contribution >= 4 is 22.4 Å². The number of hydrogen-bond acceptors (Lipinski definition) is 6. The van der Waals surface area contributed by atoms with Gasteiger partial charge in [0.15, 0.2) is 6.04 Å². The Morgan fingerprint density at radius 3 is 2.53 bits per heavy atom. The fourth-order valence-corrected chi connectivity index (χ4v) is 4.94. The third-order valence-electron chi connectivity index (χ3n) is 5.37. The standard InChI is InChI=1S/C23H22N2O4S/c1-14-18(22(27)29-4)19(16-11-8-12-17(13-16)28-3)25-21(26)20(30-23(25)24(14)2)15-9-6-5-7-10-15/h5-13,19H,1-4H3. The highest BCUT2D eigenvalue weighted by atomic mass is 32.1. The summed E-state index contributed by atoms with van der Waals surface area (Å²) in [7, 11) is 4.80. The van der Waals surface area contributed by atoms with E-state index >= 15 is 0 Å². The van der Waals surface area contributed by atoms with Crippen molar-refractivity contribution in [3.05, 3.63) is 71.4 Å². The van der Waals surface area contributed by atoms with Gasteiger partial charge in [-0.25, -0.2) is 14.3 Å². The minimum atomic E-state index is -0.611. The van der Waals surface area contributed by atoms with Gasteiger partial charge >= 0.3 is 11.1 Å². The summed E-state index contributed by atoms with van der Waals surface area (Å²) in [6.07, 6.45) is 0. The monoisotopic (exact) mass is 422 g/mol. The first-order valence-corrected chi connectivity index (χ1v) is 10.3. The Morgan fingerprint density at radius 1 is 1.13 bits per heavy atom. The number of esters is 1. The first kappa shape index (κ1) is 20.0. The molecule has 154 valence electrons. The van der Waals surface area contributed by atoms with E-state index in [2.05, 4.69) is 0 Å². The fraction of sp³-hybridized carbons (Fsp3) is 0.217. The molecular weight excluding hydrogens is 400 g/mol. The molecule has 2 aromatic carbocycles. The molecule has 0 N–H and O–H groups in total. The van der Waals surface area contributed by atoms with Crippen molar-refractivity contribution in [3.63, 3.8) is 0 Å². The fourth-order valence-electron chi connectivity index (χ4n) is 3.76. The lowest BCUT2D eigenvalue weighted by Crippen LogP contribution is -2.51. The number of methoxy groups -OCH3 is 2. The zero-order chi connectivity index (χ0) is 21.4.